The number of fused-ring (bicyclic) bond motifs is 1. The second-order valence-corrected chi connectivity index (χ2v) is 7.20. The molecule has 0 saturated heterocycles. The number of carbonyl (C=O) groups excluding carboxylic acids is 1. The smallest absolute Gasteiger partial charge is 0.255 e. The number of nitrogens with zero attached hydrogens (tertiary/aromatic N) is 4. The van der Waals surface area contributed by atoms with Gasteiger partial charge in [-0.05, 0) is 49.8 Å². The van der Waals surface area contributed by atoms with E-state index in [4.69, 9.17) is 17.0 Å². The number of amides is 1. The zero-order valence-corrected chi connectivity index (χ0v) is 17.6. The van der Waals surface area contributed by atoms with E-state index in [2.05, 4.69) is 20.5 Å². The molecule has 3 heterocycles. The highest BCUT2D eigenvalue weighted by atomic mass is 32.1. The van der Waals surface area contributed by atoms with Crippen LogP contribution in [0.2, 0.25) is 0 Å². The lowest BCUT2D eigenvalue weighted by Gasteiger charge is -2.11. The lowest BCUT2D eigenvalue weighted by molar-refractivity contribution is 0.0945. The molecule has 0 spiro atoms. The van der Waals surface area contributed by atoms with Crippen molar-refractivity contribution in [1.29, 1.82) is 0 Å². The van der Waals surface area contributed by atoms with Gasteiger partial charge in [0.15, 0.2) is 10.6 Å². The molecule has 0 atom stereocenters. The van der Waals surface area contributed by atoms with E-state index < -0.39 is 0 Å². The van der Waals surface area contributed by atoms with Crippen molar-refractivity contribution in [2.45, 2.75) is 33.5 Å². The van der Waals surface area contributed by atoms with Crippen LogP contribution in [0.4, 0.5) is 0 Å². The van der Waals surface area contributed by atoms with E-state index in [9.17, 15) is 4.79 Å². The molecule has 2 N–H and O–H groups in total. The monoisotopic (exact) mass is 422 g/mol. The van der Waals surface area contributed by atoms with Crippen molar-refractivity contribution in [1.82, 2.24) is 29.5 Å². The van der Waals surface area contributed by atoms with Crippen molar-refractivity contribution in [2.24, 2.45) is 0 Å². The zero-order valence-electron chi connectivity index (χ0n) is 16.8. The minimum absolute atomic E-state index is 0.243. The van der Waals surface area contributed by atoms with Gasteiger partial charge in [-0.2, -0.15) is 5.10 Å². The third-order valence-corrected chi connectivity index (χ3v) is 5.11. The van der Waals surface area contributed by atoms with Gasteiger partial charge in [-0.25, -0.2) is 4.98 Å². The van der Waals surface area contributed by atoms with E-state index >= 15 is 0 Å². The number of aromatic nitrogens is 5. The van der Waals surface area contributed by atoms with Crippen molar-refractivity contribution in [3.05, 3.63) is 76.2 Å². The number of aromatic amines is 1. The predicted molar refractivity (Wildman–Crippen MR) is 115 cm³/mol. The van der Waals surface area contributed by atoms with Crippen LogP contribution in [0.1, 0.15) is 34.4 Å². The molecule has 0 aliphatic rings. The Labute approximate surface area is 178 Å². The van der Waals surface area contributed by atoms with Crippen LogP contribution in [-0.2, 0) is 19.7 Å². The van der Waals surface area contributed by atoms with Crippen molar-refractivity contribution >= 4 is 23.8 Å². The SMILES string of the molecule is CCn1c(CNC(=O)c2ccccc2OCc2cn3cccc(C)c3n2)n[nH]c1=S. The van der Waals surface area contributed by atoms with Gasteiger partial charge < -0.3 is 19.0 Å². The third-order valence-electron chi connectivity index (χ3n) is 4.80. The van der Waals surface area contributed by atoms with E-state index in [1.54, 1.807) is 18.2 Å². The molecule has 9 heteroatoms. The van der Waals surface area contributed by atoms with Gasteiger partial charge in [-0.1, -0.05) is 18.2 Å². The molecule has 1 aromatic carbocycles. The summed E-state index contributed by atoms with van der Waals surface area (Å²) in [6.07, 6.45) is 3.88. The lowest BCUT2D eigenvalue weighted by atomic mass is 10.2. The lowest BCUT2D eigenvalue weighted by Crippen LogP contribution is -2.25. The Kier molecular flexibility index (Phi) is 5.62. The highest BCUT2D eigenvalue weighted by Crippen LogP contribution is 2.20. The summed E-state index contributed by atoms with van der Waals surface area (Å²) in [5.41, 5.74) is 3.23. The van der Waals surface area contributed by atoms with Crippen LogP contribution >= 0.6 is 12.2 Å². The molecular weight excluding hydrogens is 400 g/mol. The van der Waals surface area contributed by atoms with Gasteiger partial charge in [-0.3, -0.25) is 9.89 Å². The van der Waals surface area contributed by atoms with Crippen LogP contribution in [0.25, 0.3) is 5.65 Å². The number of hydrogen-bond donors (Lipinski definition) is 2. The molecule has 3 aromatic heterocycles. The molecule has 0 fully saturated rings. The van der Waals surface area contributed by atoms with Gasteiger partial charge in [-0.15, -0.1) is 0 Å². The van der Waals surface area contributed by atoms with Crippen LogP contribution in [0.3, 0.4) is 0 Å². The summed E-state index contributed by atoms with van der Waals surface area (Å²) in [6.45, 7) is 5.20. The second kappa shape index (κ2) is 8.50. The van der Waals surface area contributed by atoms with Gasteiger partial charge >= 0.3 is 0 Å². The summed E-state index contributed by atoms with van der Waals surface area (Å²) in [4.78, 5) is 17.4. The zero-order chi connectivity index (χ0) is 21.1. The van der Waals surface area contributed by atoms with E-state index in [-0.39, 0.29) is 19.1 Å². The number of H-pyrrole nitrogens is 1. The number of pyridine rings is 1. The second-order valence-electron chi connectivity index (χ2n) is 6.81. The van der Waals surface area contributed by atoms with E-state index in [0.717, 1.165) is 16.9 Å². The summed E-state index contributed by atoms with van der Waals surface area (Å²) in [5.74, 6) is 0.931. The molecule has 8 nitrogen and oxygen atoms in total. The maximum absolute atomic E-state index is 12.8. The van der Waals surface area contributed by atoms with Crippen LogP contribution in [0.5, 0.6) is 5.75 Å². The maximum Gasteiger partial charge on any atom is 0.255 e. The van der Waals surface area contributed by atoms with E-state index in [1.165, 1.54) is 0 Å². The van der Waals surface area contributed by atoms with Gasteiger partial charge in [0.2, 0.25) is 0 Å². The number of imidazole rings is 1. The molecule has 154 valence electrons. The Balaban J connectivity index is 1.46. The molecule has 0 aliphatic carbocycles. The number of para-hydroxylation sites is 1. The summed E-state index contributed by atoms with van der Waals surface area (Å²) in [7, 11) is 0. The largest absolute Gasteiger partial charge is 0.486 e. The molecule has 0 aliphatic heterocycles. The number of nitrogens with one attached hydrogen (secondary N) is 2. The first-order valence-corrected chi connectivity index (χ1v) is 10.0. The summed E-state index contributed by atoms with van der Waals surface area (Å²) in [5, 5.41) is 9.80. The predicted octanol–water partition coefficient (Wildman–Crippen LogP) is 3.43. The molecule has 1 amide bonds. The summed E-state index contributed by atoms with van der Waals surface area (Å²) < 4.78 is 10.3. The molecule has 0 radical (unpaired) electrons. The van der Waals surface area contributed by atoms with Gasteiger partial charge in [0, 0.05) is 18.9 Å². The van der Waals surface area contributed by atoms with Gasteiger partial charge in [0.25, 0.3) is 5.91 Å². The Morgan fingerprint density at radius 2 is 2.10 bits per heavy atom. The number of carbonyl (C=O) groups is 1. The standard InChI is InChI=1S/C21H22N6O2S/c1-3-27-18(24-25-21(27)30)11-22-20(28)16-8-4-5-9-17(16)29-13-15-12-26-10-6-7-14(2)19(26)23-15/h4-10,12H,3,11,13H2,1-2H3,(H,22,28)(H,25,30). The Bertz CT molecular complexity index is 1260. The molecule has 0 bridgehead atoms. The maximum atomic E-state index is 12.8. The Morgan fingerprint density at radius 3 is 2.90 bits per heavy atom. The topological polar surface area (TPSA) is 89.2 Å². The fraction of sp³-hybridized carbons (Fsp3) is 0.238. The highest BCUT2D eigenvalue weighted by Gasteiger charge is 2.14. The minimum Gasteiger partial charge on any atom is -0.486 e. The average Bonchev–Trinajstić information content (AvgIpc) is 3.34. The molecule has 4 aromatic rings. The van der Waals surface area contributed by atoms with Crippen molar-refractivity contribution < 1.29 is 9.53 Å². The van der Waals surface area contributed by atoms with E-state index in [1.807, 2.05) is 53.4 Å². The van der Waals surface area contributed by atoms with Crippen LogP contribution in [0, 0.1) is 11.7 Å². The first-order valence-electron chi connectivity index (χ1n) is 9.64. The third kappa shape index (κ3) is 3.97. The summed E-state index contributed by atoms with van der Waals surface area (Å²) >= 11 is 5.18. The number of benzene rings is 1. The molecule has 0 saturated carbocycles. The van der Waals surface area contributed by atoms with Gasteiger partial charge in [0.1, 0.15) is 18.0 Å². The Hall–Kier alpha value is -3.46. The molecule has 0 unspecified atom stereocenters. The van der Waals surface area contributed by atoms with Crippen molar-refractivity contribution in [3.8, 4) is 5.75 Å². The first-order chi connectivity index (χ1) is 14.6. The number of aryl methyl sites for hydroxylation is 1. The molecular formula is C21H22N6O2S. The number of ether oxygens (including phenoxy) is 1. The number of hydrogen-bond acceptors (Lipinski definition) is 5. The molecule has 30 heavy (non-hydrogen) atoms. The first kappa shape index (κ1) is 19.8. The highest BCUT2D eigenvalue weighted by molar-refractivity contribution is 7.71. The quantitative estimate of drug-likeness (QED) is 0.446. The fourth-order valence-corrected chi connectivity index (χ4v) is 3.55. The van der Waals surface area contributed by atoms with E-state index in [0.29, 0.717) is 28.5 Å². The fourth-order valence-electron chi connectivity index (χ4n) is 3.27. The minimum atomic E-state index is -0.243. The van der Waals surface area contributed by atoms with Crippen molar-refractivity contribution in [3.63, 3.8) is 0 Å². The normalized spacial score (nSPS) is 11.0. The van der Waals surface area contributed by atoms with Crippen LogP contribution in [0.15, 0.2) is 48.8 Å². The number of rotatable bonds is 7. The Morgan fingerprint density at radius 1 is 1.27 bits per heavy atom. The van der Waals surface area contributed by atoms with Crippen molar-refractivity contribution in [2.75, 3.05) is 0 Å². The van der Waals surface area contributed by atoms with Crippen LogP contribution < -0.4 is 10.1 Å². The summed E-state index contributed by atoms with van der Waals surface area (Å²) in [6, 6.07) is 11.1. The molecule has 4 rings (SSSR count). The average molecular weight is 423 g/mol. The van der Waals surface area contributed by atoms with Crippen LogP contribution in [-0.4, -0.2) is 30.1 Å². The van der Waals surface area contributed by atoms with Gasteiger partial charge in [0.05, 0.1) is 17.8 Å².